The number of likely N-dealkylation sites (tertiary alicyclic amines) is 1. The lowest BCUT2D eigenvalue weighted by atomic mass is 10.1. The molecule has 0 atom stereocenters. The monoisotopic (exact) mass is 597 g/mol. The maximum absolute atomic E-state index is 13.3. The molecule has 5 rings (SSSR count). The summed E-state index contributed by atoms with van der Waals surface area (Å²) in [5.74, 6) is -1.04. The molecule has 1 saturated heterocycles. The molecule has 1 aliphatic heterocycles. The normalized spacial score (nSPS) is 14.2. The van der Waals surface area contributed by atoms with Crippen LogP contribution in [0.15, 0.2) is 77.8 Å². The number of aromatic nitrogens is 1. The maximum Gasteiger partial charge on any atom is 0.416 e. The van der Waals surface area contributed by atoms with E-state index in [1.54, 1.807) is 60.0 Å². The Labute approximate surface area is 244 Å². The molecule has 3 aromatic carbocycles. The second kappa shape index (κ2) is 12.4. The maximum atomic E-state index is 13.3. The van der Waals surface area contributed by atoms with E-state index in [9.17, 15) is 27.2 Å². The molecule has 4 aromatic rings. The number of nitrogens with zero attached hydrogens (tertiary/aromatic N) is 2. The van der Waals surface area contributed by atoms with Gasteiger partial charge in [-0.3, -0.25) is 9.78 Å². The SMILES string of the molecule is CCOC(=O)c1cnc2cc(C(F)(F)F)ccc2c1Nc1ccc(C(=O)N2CCC(Sc3ccc(F)cc3)CC2)cc1. The molecule has 42 heavy (non-hydrogen) atoms. The number of hydrogen-bond acceptors (Lipinski definition) is 6. The largest absolute Gasteiger partial charge is 0.462 e. The second-order valence-corrected chi connectivity index (χ2v) is 11.1. The van der Waals surface area contributed by atoms with Crippen LogP contribution in [0.2, 0.25) is 0 Å². The molecule has 0 radical (unpaired) electrons. The van der Waals surface area contributed by atoms with E-state index in [1.807, 2.05) is 0 Å². The molecule has 1 amide bonds. The Morgan fingerprint density at radius 2 is 1.71 bits per heavy atom. The number of rotatable bonds is 7. The number of carbonyl (C=O) groups excluding carboxylic acids is 2. The van der Waals surface area contributed by atoms with Crippen molar-refractivity contribution in [3.8, 4) is 0 Å². The Kier molecular flexibility index (Phi) is 8.67. The molecule has 11 heteroatoms. The number of halogens is 4. The summed E-state index contributed by atoms with van der Waals surface area (Å²) in [4.78, 5) is 32.7. The highest BCUT2D eigenvalue weighted by Crippen LogP contribution is 2.35. The summed E-state index contributed by atoms with van der Waals surface area (Å²) in [7, 11) is 0. The van der Waals surface area contributed by atoms with E-state index >= 15 is 0 Å². The number of pyridine rings is 1. The number of esters is 1. The third-order valence-electron chi connectivity index (χ3n) is 6.94. The van der Waals surface area contributed by atoms with Gasteiger partial charge in [-0.05, 0) is 80.4 Å². The number of amides is 1. The van der Waals surface area contributed by atoms with Crippen LogP contribution in [0.1, 0.15) is 46.0 Å². The molecule has 6 nitrogen and oxygen atoms in total. The van der Waals surface area contributed by atoms with Crippen LogP contribution in [0.25, 0.3) is 10.9 Å². The molecule has 0 spiro atoms. The molecule has 218 valence electrons. The predicted octanol–water partition coefficient (Wildman–Crippen LogP) is 7.71. The average Bonchev–Trinajstić information content (AvgIpc) is 2.98. The van der Waals surface area contributed by atoms with Gasteiger partial charge in [-0.1, -0.05) is 6.07 Å². The van der Waals surface area contributed by atoms with E-state index in [2.05, 4.69) is 10.3 Å². The van der Waals surface area contributed by atoms with Crippen LogP contribution in [-0.4, -0.2) is 46.7 Å². The topological polar surface area (TPSA) is 71.5 Å². The Balaban J connectivity index is 1.30. The fourth-order valence-electron chi connectivity index (χ4n) is 4.77. The lowest BCUT2D eigenvalue weighted by molar-refractivity contribution is -0.137. The number of benzene rings is 3. The Morgan fingerprint density at radius 1 is 1.02 bits per heavy atom. The number of alkyl halides is 3. The summed E-state index contributed by atoms with van der Waals surface area (Å²) >= 11 is 1.69. The van der Waals surface area contributed by atoms with Crippen molar-refractivity contribution in [3.05, 3.63) is 95.4 Å². The van der Waals surface area contributed by atoms with E-state index in [-0.39, 0.29) is 35.1 Å². The number of nitrogens with one attached hydrogen (secondary N) is 1. The van der Waals surface area contributed by atoms with Gasteiger partial charge >= 0.3 is 12.1 Å². The number of fused-ring (bicyclic) bond motifs is 1. The Morgan fingerprint density at radius 3 is 2.36 bits per heavy atom. The minimum atomic E-state index is -4.54. The highest BCUT2D eigenvalue weighted by Gasteiger charge is 2.31. The zero-order valence-electron chi connectivity index (χ0n) is 22.6. The third-order valence-corrected chi connectivity index (χ3v) is 8.29. The van der Waals surface area contributed by atoms with Crippen LogP contribution in [0.4, 0.5) is 28.9 Å². The lowest BCUT2D eigenvalue weighted by Gasteiger charge is -2.31. The smallest absolute Gasteiger partial charge is 0.416 e. The third kappa shape index (κ3) is 6.67. The first kappa shape index (κ1) is 29.4. The van der Waals surface area contributed by atoms with Crippen molar-refractivity contribution in [2.45, 2.75) is 36.1 Å². The highest BCUT2D eigenvalue weighted by molar-refractivity contribution is 8.00. The van der Waals surface area contributed by atoms with Crippen molar-refractivity contribution in [1.82, 2.24) is 9.88 Å². The molecule has 0 saturated carbocycles. The number of hydrogen-bond donors (Lipinski definition) is 1. The quantitative estimate of drug-likeness (QED) is 0.174. The second-order valence-electron chi connectivity index (χ2n) is 9.76. The van der Waals surface area contributed by atoms with Gasteiger partial charge in [0.1, 0.15) is 11.4 Å². The zero-order chi connectivity index (χ0) is 29.9. The van der Waals surface area contributed by atoms with Gasteiger partial charge in [-0.25, -0.2) is 9.18 Å². The van der Waals surface area contributed by atoms with Gasteiger partial charge in [0.2, 0.25) is 0 Å². The Hall–Kier alpha value is -4.12. The van der Waals surface area contributed by atoms with Crippen LogP contribution in [-0.2, 0) is 10.9 Å². The molecular weight excluding hydrogens is 570 g/mol. The van der Waals surface area contributed by atoms with E-state index in [4.69, 9.17) is 4.74 Å². The first-order chi connectivity index (χ1) is 20.1. The lowest BCUT2D eigenvalue weighted by Crippen LogP contribution is -2.39. The van der Waals surface area contributed by atoms with Crippen molar-refractivity contribution in [2.24, 2.45) is 0 Å². The molecule has 0 aliphatic carbocycles. The summed E-state index contributed by atoms with van der Waals surface area (Å²) in [5, 5.41) is 3.77. The summed E-state index contributed by atoms with van der Waals surface area (Å²) < 4.78 is 58.1. The molecule has 2 heterocycles. The van der Waals surface area contributed by atoms with Crippen LogP contribution in [0.5, 0.6) is 0 Å². The fourth-order valence-corrected chi connectivity index (χ4v) is 5.90. The minimum Gasteiger partial charge on any atom is -0.462 e. The van der Waals surface area contributed by atoms with Gasteiger partial charge in [-0.2, -0.15) is 13.2 Å². The summed E-state index contributed by atoms with van der Waals surface area (Å²) in [6.45, 7) is 2.97. The van der Waals surface area contributed by atoms with Gasteiger partial charge in [0, 0.05) is 46.1 Å². The number of carbonyl (C=O) groups is 2. The Bertz CT molecular complexity index is 1590. The first-order valence-corrected chi connectivity index (χ1v) is 14.3. The summed E-state index contributed by atoms with van der Waals surface area (Å²) in [6, 6.07) is 16.2. The number of anilines is 2. The van der Waals surface area contributed by atoms with Crippen molar-refractivity contribution < 1.29 is 31.9 Å². The van der Waals surface area contributed by atoms with Crippen molar-refractivity contribution >= 4 is 45.9 Å². The van der Waals surface area contributed by atoms with Gasteiger partial charge in [0.05, 0.1) is 23.4 Å². The average molecular weight is 598 g/mol. The van der Waals surface area contributed by atoms with Crippen molar-refractivity contribution in [1.29, 1.82) is 0 Å². The van der Waals surface area contributed by atoms with E-state index < -0.39 is 17.7 Å². The molecule has 1 aromatic heterocycles. The van der Waals surface area contributed by atoms with Crippen LogP contribution in [0.3, 0.4) is 0 Å². The van der Waals surface area contributed by atoms with Gasteiger partial charge in [0.15, 0.2) is 0 Å². The molecule has 0 bridgehead atoms. The molecule has 1 aliphatic rings. The number of thioether (sulfide) groups is 1. The van der Waals surface area contributed by atoms with Crippen molar-refractivity contribution in [2.75, 3.05) is 25.0 Å². The number of piperidine rings is 1. The molecule has 0 unspecified atom stereocenters. The van der Waals surface area contributed by atoms with Crippen molar-refractivity contribution in [3.63, 3.8) is 0 Å². The van der Waals surface area contributed by atoms with E-state index in [1.165, 1.54) is 24.4 Å². The van der Waals surface area contributed by atoms with Crippen LogP contribution >= 0.6 is 11.8 Å². The standard InChI is InChI=1S/C31H27F4N3O3S/c1-2-41-30(40)26-18-36-27-17-20(31(33,34)35)5-12-25(27)28(26)37-22-8-3-19(4-9-22)29(39)38-15-13-24(14-16-38)42-23-10-6-21(32)7-11-23/h3-12,17-18,24H,2,13-16H2,1H3,(H,36,37). The molecule has 1 fully saturated rings. The fraction of sp³-hybridized carbons (Fsp3) is 0.258. The summed E-state index contributed by atoms with van der Waals surface area (Å²) in [6.07, 6.45) is -1.72. The van der Waals surface area contributed by atoms with E-state index in [0.29, 0.717) is 35.0 Å². The highest BCUT2D eigenvalue weighted by atomic mass is 32.2. The minimum absolute atomic E-state index is 0.0631. The van der Waals surface area contributed by atoms with Crippen LogP contribution in [0, 0.1) is 5.82 Å². The summed E-state index contributed by atoms with van der Waals surface area (Å²) in [5.41, 5.74) is 0.563. The van der Waals surface area contributed by atoms with Crippen LogP contribution < -0.4 is 5.32 Å². The zero-order valence-corrected chi connectivity index (χ0v) is 23.4. The van der Waals surface area contributed by atoms with Gasteiger partial charge < -0.3 is 15.0 Å². The molecular formula is C31H27F4N3O3S. The van der Waals surface area contributed by atoms with E-state index in [0.717, 1.165) is 29.9 Å². The molecule has 1 N–H and O–H groups in total. The number of ether oxygens (including phenoxy) is 1. The van der Waals surface area contributed by atoms with Gasteiger partial charge in [-0.15, -0.1) is 11.8 Å². The predicted molar refractivity (Wildman–Crippen MR) is 154 cm³/mol. The first-order valence-electron chi connectivity index (χ1n) is 13.4. The van der Waals surface area contributed by atoms with Gasteiger partial charge in [0.25, 0.3) is 5.91 Å².